The number of benzene rings is 1. The molecule has 2 N–H and O–H groups in total. The summed E-state index contributed by atoms with van der Waals surface area (Å²) in [5.74, 6) is 0.171. The number of nitrogens with two attached hydrogens (primary N) is 1. The number of pyridine rings is 1. The number of nitrogens with zero attached hydrogens (tertiary/aromatic N) is 2. The van der Waals surface area contributed by atoms with E-state index in [1.807, 2.05) is 6.92 Å². The molecule has 0 aliphatic carbocycles. The molecule has 0 saturated heterocycles. The van der Waals surface area contributed by atoms with E-state index in [2.05, 4.69) is 4.98 Å². The molecule has 1 unspecified atom stereocenters. The lowest BCUT2D eigenvalue weighted by Gasteiger charge is -2.09. The first kappa shape index (κ1) is 14.2. The molecule has 1 aromatic heterocycles. The Balaban J connectivity index is 2.40. The van der Waals surface area contributed by atoms with E-state index in [0.717, 1.165) is 5.56 Å². The molecule has 7 heteroatoms. The first-order valence-corrected chi connectivity index (χ1v) is 6.19. The minimum Gasteiger partial charge on any atom is -0.430 e. The number of aromatic nitrogens is 1. The third kappa shape index (κ3) is 3.04. The third-order valence-corrected chi connectivity index (χ3v) is 2.93. The van der Waals surface area contributed by atoms with Gasteiger partial charge in [-0.15, -0.1) is 0 Å². The standard InChI is InChI=1S/C13H12ClN3O3/c1-8(15)9-5-6-16-12(7-9)20-13-10(14)3-2-4-11(13)17(18)19/h2-8H,15H2,1H3. The van der Waals surface area contributed by atoms with Gasteiger partial charge in [0, 0.05) is 24.4 Å². The molecule has 1 aromatic carbocycles. The fourth-order valence-corrected chi connectivity index (χ4v) is 1.82. The van der Waals surface area contributed by atoms with E-state index in [-0.39, 0.29) is 28.4 Å². The molecule has 0 aliphatic rings. The fourth-order valence-electron chi connectivity index (χ4n) is 1.61. The van der Waals surface area contributed by atoms with Gasteiger partial charge in [0.25, 0.3) is 0 Å². The van der Waals surface area contributed by atoms with Crippen LogP contribution >= 0.6 is 11.6 Å². The molecule has 0 aliphatic heterocycles. The highest BCUT2D eigenvalue weighted by Gasteiger charge is 2.19. The molecule has 104 valence electrons. The van der Waals surface area contributed by atoms with Crippen molar-refractivity contribution < 1.29 is 9.66 Å². The Morgan fingerprint density at radius 3 is 2.85 bits per heavy atom. The predicted octanol–water partition coefficient (Wildman–Crippen LogP) is 3.46. The van der Waals surface area contributed by atoms with Crippen LogP contribution in [0.1, 0.15) is 18.5 Å². The van der Waals surface area contributed by atoms with Gasteiger partial charge in [-0.05, 0) is 24.6 Å². The van der Waals surface area contributed by atoms with Crippen LogP contribution < -0.4 is 10.5 Å². The van der Waals surface area contributed by atoms with Crippen molar-refractivity contribution in [1.29, 1.82) is 0 Å². The van der Waals surface area contributed by atoms with E-state index in [1.54, 1.807) is 12.1 Å². The van der Waals surface area contributed by atoms with Gasteiger partial charge in [-0.3, -0.25) is 10.1 Å². The quantitative estimate of drug-likeness (QED) is 0.688. The first-order valence-electron chi connectivity index (χ1n) is 5.81. The van der Waals surface area contributed by atoms with Gasteiger partial charge >= 0.3 is 5.69 Å². The Labute approximate surface area is 120 Å². The number of rotatable bonds is 4. The lowest BCUT2D eigenvalue weighted by Crippen LogP contribution is -2.05. The summed E-state index contributed by atoms with van der Waals surface area (Å²) in [7, 11) is 0. The number of halogens is 1. The van der Waals surface area contributed by atoms with Crippen LogP contribution in [0.3, 0.4) is 0 Å². The van der Waals surface area contributed by atoms with Crippen molar-refractivity contribution in [2.24, 2.45) is 5.73 Å². The van der Waals surface area contributed by atoms with Crippen molar-refractivity contribution in [2.45, 2.75) is 13.0 Å². The molecular weight excluding hydrogens is 282 g/mol. The molecule has 0 bridgehead atoms. The number of nitro benzene ring substituents is 1. The number of nitro groups is 1. The smallest absolute Gasteiger partial charge is 0.313 e. The lowest BCUT2D eigenvalue weighted by molar-refractivity contribution is -0.385. The van der Waals surface area contributed by atoms with Crippen LogP contribution in [0.15, 0.2) is 36.5 Å². The van der Waals surface area contributed by atoms with Crippen molar-refractivity contribution in [3.63, 3.8) is 0 Å². The largest absolute Gasteiger partial charge is 0.430 e. The minimum absolute atomic E-state index is 0.0338. The van der Waals surface area contributed by atoms with Crippen LogP contribution in [-0.4, -0.2) is 9.91 Å². The average molecular weight is 294 g/mol. The molecule has 20 heavy (non-hydrogen) atoms. The highest BCUT2D eigenvalue weighted by Crippen LogP contribution is 2.37. The molecular formula is C13H12ClN3O3. The second-order valence-electron chi connectivity index (χ2n) is 4.16. The molecule has 0 radical (unpaired) electrons. The Morgan fingerprint density at radius 1 is 1.45 bits per heavy atom. The molecule has 2 rings (SSSR count). The van der Waals surface area contributed by atoms with Crippen LogP contribution in [0, 0.1) is 10.1 Å². The summed E-state index contributed by atoms with van der Waals surface area (Å²) in [5, 5.41) is 11.1. The van der Waals surface area contributed by atoms with Gasteiger partial charge < -0.3 is 10.5 Å². The first-order chi connectivity index (χ1) is 9.49. The van der Waals surface area contributed by atoms with Crippen LogP contribution in [-0.2, 0) is 0 Å². The topological polar surface area (TPSA) is 91.3 Å². The minimum atomic E-state index is -0.559. The molecule has 0 fully saturated rings. The highest BCUT2D eigenvalue weighted by atomic mass is 35.5. The van der Waals surface area contributed by atoms with Gasteiger partial charge in [0.15, 0.2) is 0 Å². The summed E-state index contributed by atoms with van der Waals surface area (Å²) in [4.78, 5) is 14.4. The van der Waals surface area contributed by atoms with E-state index in [0.29, 0.717) is 0 Å². The Morgan fingerprint density at radius 2 is 2.20 bits per heavy atom. The zero-order chi connectivity index (χ0) is 14.7. The average Bonchev–Trinajstić information content (AvgIpc) is 2.41. The fraction of sp³-hybridized carbons (Fsp3) is 0.154. The van der Waals surface area contributed by atoms with Gasteiger partial charge in [0.2, 0.25) is 11.6 Å². The number of hydrogen-bond acceptors (Lipinski definition) is 5. The van der Waals surface area contributed by atoms with Gasteiger partial charge in [0.1, 0.15) is 0 Å². The maximum atomic E-state index is 11.0. The molecule has 6 nitrogen and oxygen atoms in total. The summed E-state index contributed by atoms with van der Waals surface area (Å²) >= 11 is 5.94. The van der Waals surface area contributed by atoms with Crippen molar-refractivity contribution in [1.82, 2.24) is 4.98 Å². The molecule has 1 heterocycles. The van der Waals surface area contributed by atoms with Crippen molar-refractivity contribution in [3.8, 4) is 11.6 Å². The van der Waals surface area contributed by atoms with Gasteiger partial charge in [-0.25, -0.2) is 4.98 Å². The van der Waals surface area contributed by atoms with Crippen LogP contribution in [0.25, 0.3) is 0 Å². The van der Waals surface area contributed by atoms with E-state index in [1.165, 1.54) is 24.4 Å². The predicted molar refractivity (Wildman–Crippen MR) is 75.0 cm³/mol. The summed E-state index contributed by atoms with van der Waals surface area (Å²) in [6.07, 6.45) is 1.52. The van der Waals surface area contributed by atoms with Crippen LogP contribution in [0.5, 0.6) is 11.6 Å². The maximum Gasteiger partial charge on any atom is 0.313 e. The van der Waals surface area contributed by atoms with Crippen molar-refractivity contribution >= 4 is 17.3 Å². The number of para-hydroxylation sites is 1. The van der Waals surface area contributed by atoms with E-state index >= 15 is 0 Å². The summed E-state index contributed by atoms with van der Waals surface area (Å²) in [5.41, 5.74) is 6.36. The Hall–Kier alpha value is -2.18. The van der Waals surface area contributed by atoms with E-state index in [9.17, 15) is 10.1 Å². The third-order valence-electron chi connectivity index (χ3n) is 2.63. The number of hydrogen-bond donors (Lipinski definition) is 1. The molecule has 1 atom stereocenters. The normalized spacial score (nSPS) is 11.9. The summed E-state index contributed by atoms with van der Waals surface area (Å²) in [6, 6.07) is 7.49. The van der Waals surface area contributed by atoms with Gasteiger partial charge in [0.05, 0.1) is 9.95 Å². The Kier molecular flexibility index (Phi) is 4.16. The summed E-state index contributed by atoms with van der Waals surface area (Å²) < 4.78 is 5.45. The zero-order valence-corrected chi connectivity index (χ0v) is 11.4. The molecule has 0 spiro atoms. The van der Waals surface area contributed by atoms with Gasteiger partial charge in [-0.1, -0.05) is 17.7 Å². The van der Waals surface area contributed by atoms with Crippen LogP contribution in [0.2, 0.25) is 5.02 Å². The second-order valence-corrected chi connectivity index (χ2v) is 4.57. The lowest BCUT2D eigenvalue weighted by atomic mass is 10.1. The van der Waals surface area contributed by atoms with Gasteiger partial charge in [-0.2, -0.15) is 0 Å². The van der Waals surface area contributed by atoms with E-state index in [4.69, 9.17) is 22.1 Å². The SMILES string of the molecule is CC(N)c1ccnc(Oc2c(Cl)cccc2[N+](=O)[O-])c1. The van der Waals surface area contributed by atoms with Crippen molar-refractivity contribution in [3.05, 3.63) is 57.2 Å². The zero-order valence-electron chi connectivity index (χ0n) is 10.6. The maximum absolute atomic E-state index is 11.0. The summed E-state index contributed by atoms with van der Waals surface area (Å²) in [6.45, 7) is 1.82. The van der Waals surface area contributed by atoms with Crippen LogP contribution in [0.4, 0.5) is 5.69 Å². The van der Waals surface area contributed by atoms with E-state index < -0.39 is 4.92 Å². The highest BCUT2D eigenvalue weighted by molar-refractivity contribution is 6.32. The second kappa shape index (κ2) is 5.85. The molecule has 2 aromatic rings. The molecule has 0 saturated carbocycles. The molecule has 0 amide bonds. The number of ether oxygens (including phenoxy) is 1. The monoisotopic (exact) mass is 293 g/mol. The Bertz CT molecular complexity index is 647. The van der Waals surface area contributed by atoms with Crippen molar-refractivity contribution in [2.75, 3.05) is 0 Å².